The van der Waals surface area contributed by atoms with Crippen LogP contribution in [0.25, 0.3) is 0 Å². The van der Waals surface area contributed by atoms with Crippen molar-refractivity contribution in [2.45, 2.75) is 32.8 Å². The summed E-state index contributed by atoms with van der Waals surface area (Å²) in [4.78, 5) is 12.0. The summed E-state index contributed by atoms with van der Waals surface area (Å²) in [5, 5.41) is 13.0. The number of para-hydroxylation sites is 2. The quantitative estimate of drug-likeness (QED) is 0.516. The van der Waals surface area contributed by atoms with Crippen LogP contribution in [0.5, 0.6) is 5.75 Å². The van der Waals surface area contributed by atoms with Crippen molar-refractivity contribution >= 4 is 17.6 Å². The van der Waals surface area contributed by atoms with Crippen LogP contribution in [-0.2, 0) is 6.61 Å². The average Bonchev–Trinajstić information content (AvgIpc) is 2.60. The molecule has 5 heteroatoms. The number of carbonyl (C=O) groups is 1. The van der Waals surface area contributed by atoms with Crippen LogP contribution in [0.4, 0.5) is 10.5 Å². The molecule has 2 aromatic carbocycles. The van der Waals surface area contributed by atoms with Crippen LogP contribution >= 0.6 is 0 Å². The van der Waals surface area contributed by atoms with Crippen molar-refractivity contribution in [2.75, 3.05) is 5.32 Å². The van der Waals surface area contributed by atoms with Gasteiger partial charge in [0.2, 0.25) is 0 Å². The van der Waals surface area contributed by atoms with Crippen LogP contribution in [-0.4, -0.2) is 11.9 Å². The number of ether oxygens (including phenoxy) is 1. The van der Waals surface area contributed by atoms with Gasteiger partial charge in [0.1, 0.15) is 18.2 Å². The molecule has 2 amide bonds. The van der Waals surface area contributed by atoms with Crippen molar-refractivity contribution < 1.29 is 9.53 Å². The Labute approximate surface area is 142 Å². The number of rotatable bonds is 7. The maximum atomic E-state index is 12.0. The number of hydrogen-bond acceptors (Lipinski definition) is 3. The Bertz CT molecular complexity index is 671. The molecule has 0 heterocycles. The number of carbonyl (C=O) groups excluding carboxylic acids is 1. The zero-order chi connectivity index (χ0) is 17.2. The lowest BCUT2D eigenvalue weighted by molar-refractivity contribution is 0.255. The van der Waals surface area contributed by atoms with Gasteiger partial charge >= 0.3 is 6.03 Å². The van der Waals surface area contributed by atoms with Crippen molar-refractivity contribution in [2.24, 2.45) is 0 Å². The third-order valence-corrected chi connectivity index (χ3v) is 3.42. The lowest BCUT2D eigenvalue weighted by atomic mass is 10.2. The van der Waals surface area contributed by atoms with E-state index in [0.717, 1.165) is 18.4 Å². The second kappa shape index (κ2) is 9.35. The maximum absolute atomic E-state index is 12.0. The molecule has 0 aliphatic rings. The minimum absolute atomic E-state index is 0.219. The Balaban J connectivity index is 1.93. The molecular formula is C19H23N3O2. The largest absolute Gasteiger partial charge is 0.487 e. The number of urea groups is 1. The molecule has 0 aliphatic heterocycles. The van der Waals surface area contributed by atoms with Crippen LogP contribution in [0, 0.1) is 5.41 Å². The highest BCUT2D eigenvalue weighted by Crippen LogP contribution is 2.24. The van der Waals surface area contributed by atoms with E-state index in [1.165, 1.54) is 0 Å². The summed E-state index contributed by atoms with van der Waals surface area (Å²) in [6.45, 7) is 2.47. The zero-order valence-electron chi connectivity index (χ0n) is 13.8. The monoisotopic (exact) mass is 325 g/mol. The highest BCUT2D eigenvalue weighted by Gasteiger charge is 2.09. The first-order valence-corrected chi connectivity index (χ1v) is 8.10. The van der Waals surface area contributed by atoms with E-state index in [4.69, 9.17) is 10.1 Å². The molecule has 0 radical (unpaired) electrons. The lowest BCUT2D eigenvalue weighted by Crippen LogP contribution is -2.33. The summed E-state index contributed by atoms with van der Waals surface area (Å²) in [7, 11) is 0. The number of anilines is 1. The van der Waals surface area contributed by atoms with E-state index in [-0.39, 0.29) is 5.84 Å². The Morgan fingerprint density at radius 2 is 1.79 bits per heavy atom. The summed E-state index contributed by atoms with van der Waals surface area (Å²) in [6.07, 6.45) is 2.44. The van der Waals surface area contributed by atoms with Gasteiger partial charge in [0, 0.05) is 6.42 Å². The summed E-state index contributed by atoms with van der Waals surface area (Å²) in [5.74, 6) is 0.814. The highest BCUT2D eigenvalue weighted by molar-refractivity contribution is 6.02. The molecule has 0 aromatic heterocycles. The fourth-order valence-corrected chi connectivity index (χ4v) is 2.14. The minimum atomic E-state index is -0.424. The first-order valence-electron chi connectivity index (χ1n) is 8.10. The molecule has 126 valence electrons. The van der Waals surface area contributed by atoms with Gasteiger partial charge in [-0.15, -0.1) is 0 Å². The molecular weight excluding hydrogens is 302 g/mol. The van der Waals surface area contributed by atoms with Gasteiger partial charge in [-0.2, -0.15) is 0 Å². The van der Waals surface area contributed by atoms with Crippen molar-refractivity contribution in [3.8, 4) is 5.75 Å². The maximum Gasteiger partial charge on any atom is 0.324 e. The minimum Gasteiger partial charge on any atom is -0.487 e. The predicted molar refractivity (Wildman–Crippen MR) is 96.6 cm³/mol. The van der Waals surface area contributed by atoms with Crippen molar-refractivity contribution in [1.29, 1.82) is 5.41 Å². The summed E-state index contributed by atoms with van der Waals surface area (Å²) < 4.78 is 5.80. The SMILES string of the molecule is CCCCC(=N)NC(=O)Nc1ccccc1OCc1ccccc1. The van der Waals surface area contributed by atoms with E-state index in [9.17, 15) is 4.79 Å². The molecule has 2 rings (SSSR count). The van der Waals surface area contributed by atoms with Crippen LogP contribution in [0.15, 0.2) is 54.6 Å². The number of unbranched alkanes of at least 4 members (excludes halogenated alkanes) is 1. The molecule has 3 N–H and O–H groups in total. The lowest BCUT2D eigenvalue weighted by Gasteiger charge is -2.13. The van der Waals surface area contributed by atoms with Gasteiger partial charge in [-0.3, -0.25) is 10.7 Å². The molecule has 0 saturated heterocycles. The Morgan fingerprint density at radius 1 is 1.08 bits per heavy atom. The van der Waals surface area contributed by atoms with E-state index in [1.54, 1.807) is 12.1 Å². The van der Waals surface area contributed by atoms with Crippen molar-refractivity contribution in [3.63, 3.8) is 0 Å². The molecule has 0 unspecified atom stereocenters. The molecule has 0 fully saturated rings. The molecule has 2 aromatic rings. The third-order valence-electron chi connectivity index (χ3n) is 3.42. The zero-order valence-corrected chi connectivity index (χ0v) is 13.8. The molecule has 0 atom stereocenters. The van der Waals surface area contributed by atoms with Gasteiger partial charge in [0.25, 0.3) is 0 Å². The Kier molecular flexibility index (Phi) is 6.83. The van der Waals surface area contributed by atoms with Crippen LogP contribution in [0.3, 0.4) is 0 Å². The number of nitrogens with one attached hydrogen (secondary N) is 3. The van der Waals surface area contributed by atoms with E-state index in [1.807, 2.05) is 49.4 Å². The fraction of sp³-hybridized carbons (Fsp3) is 0.263. The van der Waals surface area contributed by atoms with Gasteiger partial charge < -0.3 is 10.1 Å². The van der Waals surface area contributed by atoms with E-state index in [2.05, 4.69) is 10.6 Å². The predicted octanol–water partition coefficient (Wildman–Crippen LogP) is 4.55. The molecule has 24 heavy (non-hydrogen) atoms. The van der Waals surface area contributed by atoms with E-state index < -0.39 is 6.03 Å². The third kappa shape index (κ3) is 5.76. The van der Waals surface area contributed by atoms with E-state index >= 15 is 0 Å². The van der Waals surface area contributed by atoms with Gasteiger partial charge in [-0.05, 0) is 24.1 Å². The normalized spacial score (nSPS) is 10.0. The number of hydrogen-bond donors (Lipinski definition) is 3. The van der Waals surface area contributed by atoms with Gasteiger partial charge in [-0.1, -0.05) is 55.8 Å². The Morgan fingerprint density at radius 3 is 2.54 bits per heavy atom. The molecule has 0 saturated carbocycles. The Hall–Kier alpha value is -2.82. The van der Waals surface area contributed by atoms with Crippen LogP contribution in [0.2, 0.25) is 0 Å². The number of amidine groups is 1. The standard InChI is InChI=1S/C19H23N3O2/c1-2-3-13-18(20)22-19(23)21-16-11-7-8-12-17(16)24-14-15-9-5-4-6-10-15/h4-12H,2-3,13-14H2,1H3,(H3,20,21,22,23). The van der Waals surface area contributed by atoms with Crippen molar-refractivity contribution in [1.82, 2.24) is 5.32 Å². The van der Waals surface area contributed by atoms with Gasteiger partial charge in [-0.25, -0.2) is 4.79 Å². The van der Waals surface area contributed by atoms with Gasteiger partial charge in [0.15, 0.2) is 0 Å². The summed E-state index contributed by atoms with van der Waals surface area (Å²) in [6, 6.07) is 16.7. The van der Waals surface area contributed by atoms with Crippen LogP contribution in [0.1, 0.15) is 31.7 Å². The average molecular weight is 325 g/mol. The second-order valence-corrected chi connectivity index (χ2v) is 5.43. The number of benzene rings is 2. The molecule has 5 nitrogen and oxygen atoms in total. The van der Waals surface area contributed by atoms with Crippen LogP contribution < -0.4 is 15.4 Å². The summed E-state index contributed by atoms with van der Waals surface area (Å²) in [5.41, 5.74) is 1.63. The molecule has 0 bridgehead atoms. The topological polar surface area (TPSA) is 74.2 Å². The molecule has 0 spiro atoms. The number of amides is 2. The van der Waals surface area contributed by atoms with Gasteiger partial charge in [0.05, 0.1) is 5.69 Å². The summed E-state index contributed by atoms with van der Waals surface area (Å²) >= 11 is 0. The first kappa shape index (κ1) is 17.5. The van der Waals surface area contributed by atoms with E-state index in [0.29, 0.717) is 24.5 Å². The smallest absolute Gasteiger partial charge is 0.324 e. The molecule has 0 aliphatic carbocycles. The van der Waals surface area contributed by atoms with Crippen molar-refractivity contribution in [3.05, 3.63) is 60.2 Å². The first-order chi connectivity index (χ1) is 11.7. The second-order valence-electron chi connectivity index (χ2n) is 5.43. The highest BCUT2D eigenvalue weighted by atomic mass is 16.5. The fourth-order valence-electron chi connectivity index (χ4n) is 2.14.